The molecule has 0 amide bonds. The van der Waals surface area contributed by atoms with E-state index in [9.17, 15) is 0 Å². The maximum Gasteiger partial charge on any atom is 0.0110 e. The Hall–Kier alpha value is 0.690. The van der Waals surface area contributed by atoms with Gasteiger partial charge >= 0.3 is 0 Å². The number of alkyl halides is 1. The lowest BCUT2D eigenvalue weighted by atomic mass is 9.98. The van der Waals surface area contributed by atoms with E-state index < -0.39 is 0 Å². The normalized spacial score (nSPS) is 20.1. The van der Waals surface area contributed by atoms with Crippen LogP contribution in [-0.2, 0) is 0 Å². The van der Waals surface area contributed by atoms with Crippen molar-refractivity contribution < 1.29 is 0 Å². The largest absolute Gasteiger partial charge is 0.328 e. The van der Waals surface area contributed by atoms with Gasteiger partial charge in [0.15, 0.2) is 0 Å². The summed E-state index contributed by atoms with van der Waals surface area (Å²) < 4.78 is 0.804. The standard InChI is InChI=1S/C8H18IN/c1-4-8(9)5-6(2)7(3)10/h6-8H,4-5,10H2,1-3H3. The Labute approximate surface area is 77.9 Å². The van der Waals surface area contributed by atoms with Gasteiger partial charge in [0.25, 0.3) is 0 Å². The van der Waals surface area contributed by atoms with Gasteiger partial charge in [0, 0.05) is 9.97 Å². The Morgan fingerprint density at radius 1 is 1.40 bits per heavy atom. The minimum Gasteiger partial charge on any atom is -0.328 e. The second kappa shape index (κ2) is 5.35. The van der Waals surface area contributed by atoms with Gasteiger partial charge in [0.1, 0.15) is 0 Å². The molecule has 0 fully saturated rings. The van der Waals surface area contributed by atoms with E-state index in [4.69, 9.17) is 5.73 Å². The van der Waals surface area contributed by atoms with Gasteiger partial charge < -0.3 is 5.73 Å². The summed E-state index contributed by atoms with van der Waals surface area (Å²) in [5, 5.41) is 0. The molecule has 0 aromatic rings. The summed E-state index contributed by atoms with van der Waals surface area (Å²) in [7, 11) is 0. The van der Waals surface area contributed by atoms with E-state index in [1.54, 1.807) is 0 Å². The molecular weight excluding hydrogens is 237 g/mol. The van der Waals surface area contributed by atoms with Gasteiger partial charge in [-0.2, -0.15) is 0 Å². The van der Waals surface area contributed by atoms with Crippen LogP contribution >= 0.6 is 22.6 Å². The minimum atomic E-state index is 0.351. The van der Waals surface area contributed by atoms with Crippen molar-refractivity contribution in [3.05, 3.63) is 0 Å². The Bertz CT molecular complexity index is 83.3. The highest BCUT2D eigenvalue weighted by Crippen LogP contribution is 2.17. The maximum absolute atomic E-state index is 5.74. The molecule has 62 valence electrons. The van der Waals surface area contributed by atoms with Crippen molar-refractivity contribution >= 4 is 22.6 Å². The van der Waals surface area contributed by atoms with E-state index in [-0.39, 0.29) is 0 Å². The van der Waals surface area contributed by atoms with Gasteiger partial charge in [0.2, 0.25) is 0 Å². The summed E-state index contributed by atoms with van der Waals surface area (Å²) in [5.74, 6) is 0.668. The highest BCUT2D eigenvalue weighted by Gasteiger charge is 2.11. The quantitative estimate of drug-likeness (QED) is 0.606. The van der Waals surface area contributed by atoms with Crippen molar-refractivity contribution in [3.63, 3.8) is 0 Å². The van der Waals surface area contributed by atoms with Gasteiger partial charge in [-0.25, -0.2) is 0 Å². The fourth-order valence-corrected chi connectivity index (χ4v) is 1.59. The Balaban J connectivity index is 3.46. The highest BCUT2D eigenvalue weighted by atomic mass is 127. The van der Waals surface area contributed by atoms with Crippen molar-refractivity contribution in [2.45, 2.75) is 43.6 Å². The minimum absolute atomic E-state index is 0.351. The zero-order chi connectivity index (χ0) is 8.15. The van der Waals surface area contributed by atoms with E-state index in [0.29, 0.717) is 12.0 Å². The van der Waals surface area contributed by atoms with Crippen LogP contribution in [0.3, 0.4) is 0 Å². The van der Waals surface area contributed by atoms with Crippen LogP contribution in [0.1, 0.15) is 33.6 Å². The van der Waals surface area contributed by atoms with Crippen molar-refractivity contribution in [3.8, 4) is 0 Å². The molecule has 0 saturated carbocycles. The monoisotopic (exact) mass is 255 g/mol. The summed E-state index contributed by atoms with van der Waals surface area (Å²) in [6.07, 6.45) is 2.52. The predicted octanol–water partition coefficient (Wildman–Crippen LogP) is 2.57. The van der Waals surface area contributed by atoms with Crippen LogP contribution in [0.15, 0.2) is 0 Å². The molecule has 0 aromatic carbocycles. The summed E-state index contributed by atoms with van der Waals surface area (Å²) in [6.45, 7) is 6.54. The molecule has 0 spiro atoms. The molecule has 3 atom stereocenters. The number of hydrogen-bond acceptors (Lipinski definition) is 1. The topological polar surface area (TPSA) is 26.0 Å². The van der Waals surface area contributed by atoms with E-state index in [2.05, 4.69) is 43.4 Å². The highest BCUT2D eigenvalue weighted by molar-refractivity contribution is 14.1. The average molecular weight is 255 g/mol. The molecule has 0 aliphatic carbocycles. The first-order chi connectivity index (χ1) is 4.57. The first-order valence-electron chi connectivity index (χ1n) is 3.97. The third-order valence-corrected chi connectivity index (χ3v) is 3.36. The number of hydrogen-bond donors (Lipinski definition) is 1. The van der Waals surface area contributed by atoms with E-state index in [0.717, 1.165) is 3.92 Å². The summed E-state index contributed by atoms with van der Waals surface area (Å²) >= 11 is 2.50. The third-order valence-electron chi connectivity index (χ3n) is 1.97. The maximum atomic E-state index is 5.74. The predicted molar refractivity (Wildman–Crippen MR) is 55.5 cm³/mol. The lowest BCUT2D eigenvalue weighted by Crippen LogP contribution is -2.26. The second-order valence-corrected chi connectivity index (χ2v) is 4.84. The zero-order valence-electron chi connectivity index (χ0n) is 7.10. The van der Waals surface area contributed by atoms with Crippen LogP contribution in [0.2, 0.25) is 0 Å². The molecule has 0 aliphatic heterocycles. The third kappa shape index (κ3) is 4.50. The molecule has 0 heterocycles. The summed E-state index contributed by atoms with van der Waals surface area (Å²) in [4.78, 5) is 0. The second-order valence-electron chi connectivity index (χ2n) is 3.08. The molecule has 0 bridgehead atoms. The summed E-state index contributed by atoms with van der Waals surface area (Å²) in [6, 6.07) is 0.351. The van der Waals surface area contributed by atoms with Crippen molar-refractivity contribution in [1.29, 1.82) is 0 Å². The van der Waals surface area contributed by atoms with Crippen LogP contribution in [0.4, 0.5) is 0 Å². The van der Waals surface area contributed by atoms with Crippen LogP contribution in [-0.4, -0.2) is 9.97 Å². The van der Waals surface area contributed by atoms with Gasteiger partial charge in [-0.05, 0) is 25.7 Å². The van der Waals surface area contributed by atoms with Crippen molar-refractivity contribution in [2.24, 2.45) is 11.7 Å². The molecule has 0 aromatic heterocycles. The van der Waals surface area contributed by atoms with E-state index in [1.165, 1.54) is 12.8 Å². The van der Waals surface area contributed by atoms with Crippen LogP contribution in [0.25, 0.3) is 0 Å². The van der Waals surface area contributed by atoms with Crippen LogP contribution in [0.5, 0.6) is 0 Å². The van der Waals surface area contributed by atoms with E-state index in [1.807, 2.05) is 0 Å². The molecule has 2 N–H and O–H groups in total. The molecule has 0 rings (SSSR count). The van der Waals surface area contributed by atoms with Crippen LogP contribution < -0.4 is 5.73 Å². The van der Waals surface area contributed by atoms with Gasteiger partial charge in [-0.3, -0.25) is 0 Å². The SMILES string of the molecule is CCC(I)CC(C)C(C)N. The fourth-order valence-electron chi connectivity index (χ4n) is 0.785. The number of nitrogens with two attached hydrogens (primary N) is 1. The van der Waals surface area contributed by atoms with Crippen molar-refractivity contribution in [1.82, 2.24) is 0 Å². The van der Waals surface area contributed by atoms with Gasteiger partial charge in [0.05, 0.1) is 0 Å². The number of halogens is 1. The molecule has 10 heavy (non-hydrogen) atoms. The molecule has 1 nitrogen and oxygen atoms in total. The average Bonchev–Trinajstić information content (AvgIpc) is 1.87. The molecule has 0 radical (unpaired) electrons. The van der Waals surface area contributed by atoms with Gasteiger partial charge in [-0.15, -0.1) is 0 Å². The van der Waals surface area contributed by atoms with Gasteiger partial charge in [-0.1, -0.05) is 36.4 Å². The first-order valence-corrected chi connectivity index (χ1v) is 5.22. The summed E-state index contributed by atoms with van der Waals surface area (Å²) in [5.41, 5.74) is 5.74. The van der Waals surface area contributed by atoms with Crippen molar-refractivity contribution in [2.75, 3.05) is 0 Å². The lowest BCUT2D eigenvalue weighted by Gasteiger charge is -2.17. The smallest absolute Gasteiger partial charge is 0.0110 e. The zero-order valence-corrected chi connectivity index (χ0v) is 9.26. The molecule has 0 saturated heterocycles. The molecule has 3 unspecified atom stereocenters. The Kier molecular flexibility index (Phi) is 5.72. The first kappa shape index (κ1) is 10.7. The lowest BCUT2D eigenvalue weighted by molar-refractivity contribution is 0.446. The Morgan fingerprint density at radius 3 is 2.20 bits per heavy atom. The molecular formula is C8H18IN. The Morgan fingerprint density at radius 2 is 1.90 bits per heavy atom. The fraction of sp³-hybridized carbons (Fsp3) is 1.00. The molecule has 0 aliphatic rings. The molecule has 2 heteroatoms. The van der Waals surface area contributed by atoms with E-state index >= 15 is 0 Å². The van der Waals surface area contributed by atoms with Crippen LogP contribution in [0, 0.1) is 5.92 Å². The number of rotatable bonds is 4.